The molecule has 0 saturated carbocycles. The van der Waals surface area contributed by atoms with Gasteiger partial charge < -0.3 is 19.2 Å². The largest absolute Gasteiger partial charge is 0.383 e. The van der Waals surface area contributed by atoms with E-state index >= 15 is 0 Å². The number of fused-ring (bicyclic) bond motifs is 1. The Bertz CT molecular complexity index is 852. The molecule has 0 aliphatic heterocycles. The number of aromatic nitrogens is 4. The Morgan fingerprint density at radius 2 is 2.17 bits per heavy atom. The Hall–Kier alpha value is -2.67. The number of ether oxygens (including phenoxy) is 1. The Kier molecular flexibility index (Phi) is 4.61. The first-order valence-electron chi connectivity index (χ1n) is 7.83. The lowest BCUT2D eigenvalue weighted by molar-refractivity contribution is 0.0938. The minimum Gasteiger partial charge on any atom is -0.383 e. The Morgan fingerprint density at radius 3 is 2.96 bits per heavy atom. The smallest absolute Gasteiger partial charge is 0.254 e. The maximum atomic E-state index is 12.7. The molecular formula is C17H21N5O2. The van der Waals surface area contributed by atoms with Crippen LogP contribution in [-0.4, -0.2) is 39.0 Å². The number of carbonyl (C=O) groups is 1. The lowest BCUT2D eigenvalue weighted by Gasteiger charge is -2.14. The van der Waals surface area contributed by atoms with Crippen molar-refractivity contribution in [2.24, 2.45) is 7.05 Å². The molecule has 126 valence electrons. The van der Waals surface area contributed by atoms with Crippen LogP contribution in [0.3, 0.4) is 0 Å². The number of para-hydroxylation sites is 1. The summed E-state index contributed by atoms with van der Waals surface area (Å²) in [6, 6.07) is 7.60. The Labute approximate surface area is 140 Å². The molecule has 1 aromatic carbocycles. The summed E-state index contributed by atoms with van der Waals surface area (Å²) < 4.78 is 8.93. The molecular weight excluding hydrogens is 306 g/mol. The third-order valence-corrected chi connectivity index (χ3v) is 4.06. The molecule has 1 unspecified atom stereocenters. The zero-order valence-corrected chi connectivity index (χ0v) is 14.1. The van der Waals surface area contributed by atoms with Crippen LogP contribution in [0.4, 0.5) is 0 Å². The van der Waals surface area contributed by atoms with Crippen molar-refractivity contribution in [3.63, 3.8) is 0 Å². The lowest BCUT2D eigenvalue weighted by atomic mass is 10.1. The molecule has 2 heterocycles. The van der Waals surface area contributed by atoms with Crippen molar-refractivity contribution >= 4 is 16.8 Å². The fourth-order valence-electron chi connectivity index (χ4n) is 2.82. The standard InChI is InChI=1S/C17H21N5O2/c1-12(16-20-18-11-22(16)8-9-24-3)19-17(23)14-10-21(2)15-7-5-4-6-13(14)15/h4-7,10-12H,8-9H2,1-3H3,(H,19,23). The summed E-state index contributed by atoms with van der Waals surface area (Å²) in [5.41, 5.74) is 1.68. The molecule has 7 nitrogen and oxygen atoms in total. The number of hydrogen-bond donors (Lipinski definition) is 1. The molecule has 1 N–H and O–H groups in total. The van der Waals surface area contributed by atoms with Gasteiger partial charge in [0, 0.05) is 37.8 Å². The van der Waals surface area contributed by atoms with Gasteiger partial charge >= 0.3 is 0 Å². The first-order chi connectivity index (χ1) is 11.6. The average molecular weight is 327 g/mol. The summed E-state index contributed by atoms with van der Waals surface area (Å²) >= 11 is 0. The molecule has 0 fully saturated rings. The molecule has 24 heavy (non-hydrogen) atoms. The van der Waals surface area contributed by atoms with E-state index in [2.05, 4.69) is 15.5 Å². The number of carbonyl (C=O) groups excluding carboxylic acids is 1. The molecule has 7 heteroatoms. The molecule has 3 rings (SSSR count). The second-order valence-electron chi connectivity index (χ2n) is 5.74. The zero-order chi connectivity index (χ0) is 17.1. The van der Waals surface area contributed by atoms with E-state index in [0.29, 0.717) is 24.5 Å². The van der Waals surface area contributed by atoms with E-state index in [1.807, 2.05) is 53.6 Å². The van der Waals surface area contributed by atoms with Gasteiger partial charge in [-0.1, -0.05) is 18.2 Å². The van der Waals surface area contributed by atoms with E-state index in [9.17, 15) is 4.79 Å². The molecule has 3 aromatic rings. The number of nitrogens with zero attached hydrogens (tertiary/aromatic N) is 4. The molecule has 2 aromatic heterocycles. The second kappa shape index (κ2) is 6.84. The van der Waals surface area contributed by atoms with Gasteiger partial charge in [0.2, 0.25) is 0 Å². The molecule has 0 aliphatic rings. The van der Waals surface area contributed by atoms with Crippen molar-refractivity contribution in [3.05, 3.63) is 48.2 Å². The van der Waals surface area contributed by atoms with Crippen molar-refractivity contribution in [3.8, 4) is 0 Å². The first kappa shape index (κ1) is 16.2. The highest BCUT2D eigenvalue weighted by atomic mass is 16.5. The van der Waals surface area contributed by atoms with Gasteiger partial charge in [-0.2, -0.15) is 0 Å². The maximum absolute atomic E-state index is 12.7. The predicted octanol–water partition coefficient (Wildman–Crippen LogP) is 1.91. The van der Waals surface area contributed by atoms with Gasteiger partial charge in [-0.3, -0.25) is 4.79 Å². The van der Waals surface area contributed by atoms with E-state index in [1.165, 1.54) is 0 Å². The summed E-state index contributed by atoms with van der Waals surface area (Å²) in [4.78, 5) is 12.7. The van der Waals surface area contributed by atoms with Crippen LogP contribution in [0.2, 0.25) is 0 Å². The van der Waals surface area contributed by atoms with Crippen molar-refractivity contribution in [1.82, 2.24) is 24.6 Å². The van der Waals surface area contributed by atoms with E-state index < -0.39 is 0 Å². The number of methoxy groups -OCH3 is 1. The fourth-order valence-corrected chi connectivity index (χ4v) is 2.82. The number of hydrogen-bond acceptors (Lipinski definition) is 4. The maximum Gasteiger partial charge on any atom is 0.254 e. The summed E-state index contributed by atoms with van der Waals surface area (Å²) in [7, 11) is 3.58. The van der Waals surface area contributed by atoms with Crippen LogP contribution in [0.1, 0.15) is 29.1 Å². The van der Waals surface area contributed by atoms with E-state index in [4.69, 9.17) is 4.74 Å². The van der Waals surface area contributed by atoms with Gasteiger partial charge in [0.1, 0.15) is 6.33 Å². The van der Waals surface area contributed by atoms with Crippen LogP contribution in [0.25, 0.3) is 10.9 Å². The third-order valence-electron chi connectivity index (χ3n) is 4.06. The molecule has 0 radical (unpaired) electrons. The van der Waals surface area contributed by atoms with Gasteiger partial charge in [0.05, 0.1) is 18.2 Å². The molecule has 1 atom stereocenters. The van der Waals surface area contributed by atoms with Crippen LogP contribution in [0.5, 0.6) is 0 Å². The van der Waals surface area contributed by atoms with E-state index in [1.54, 1.807) is 13.4 Å². The summed E-state index contributed by atoms with van der Waals surface area (Å²) in [6.45, 7) is 3.11. The van der Waals surface area contributed by atoms with Crippen molar-refractivity contribution in [2.75, 3.05) is 13.7 Å². The number of benzene rings is 1. The minimum absolute atomic E-state index is 0.124. The topological polar surface area (TPSA) is 74.0 Å². The van der Waals surface area contributed by atoms with Crippen molar-refractivity contribution in [2.45, 2.75) is 19.5 Å². The molecule has 0 aliphatic carbocycles. The predicted molar refractivity (Wildman–Crippen MR) is 90.7 cm³/mol. The minimum atomic E-state index is -0.254. The third kappa shape index (κ3) is 3.03. The Balaban J connectivity index is 1.80. The highest BCUT2D eigenvalue weighted by Crippen LogP contribution is 2.21. The van der Waals surface area contributed by atoms with E-state index in [-0.39, 0.29) is 11.9 Å². The van der Waals surface area contributed by atoms with Crippen LogP contribution >= 0.6 is 0 Å². The van der Waals surface area contributed by atoms with Crippen LogP contribution < -0.4 is 5.32 Å². The monoisotopic (exact) mass is 327 g/mol. The number of nitrogens with one attached hydrogen (secondary N) is 1. The Morgan fingerprint density at radius 1 is 1.38 bits per heavy atom. The number of aryl methyl sites for hydroxylation is 1. The molecule has 0 spiro atoms. The highest BCUT2D eigenvalue weighted by Gasteiger charge is 2.19. The normalized spacial score (nSPS) is 12.5. The average Bonchev–Trinajstić information content (AvgIpc) is 3.18. The molecule has 0 saturated heterocycles. The molecule has 0 bridgehead atoms. The van der Waals surface area contributed by atoms with Gasteiger partial charge in [0.25, 0.3) is 5.91 Å². The quantitative estimate of drug-likeness (QED) is 0.750. The van der Waals surface area contributed by atoms with Gasteiger partial charge in [-0.05, 0) is 13.0 Å². The second-order valence-corrected chi connectivity index (χ2v) is 5.74. The van der Waals surface area contributed by atoms with Crippen molar-refractivity contribution < 1.29 is 9.53 Å². The summed E-state index contributed by atoms with van der Waals surface area (Å²) in [5.74, 6) is 0.584. The molecule has 1 amide bonds. The van der Waals surface area contributed by atoms with Crippen LogP contribution in [0.15, 0.2) is 36.8 Å². The number of rotatable bonds is 6. The SMILES string of the molecule is COCCn1cnnc1C(C)NC(=O)c1cn(C)c2ccccc12. The van der Waals surface area contributed by atoms with Gasteiger partial charge in [-0.25, -0.2) is 0 Å². The van der Waals surface area contributed by atoms with Gasteiger partial charge in [-0.15, -0.1) is 10.2 Å². The summed E-state index contributed by atoms with van der Waals surface area (Å²) in [6.07, 6.45) is 3.50. The number of amides is 1. The first-order valence-corrected chi connectivity index (χ1v) is 7.83. The van der Waals surface area contributed by atoms with Crippen LogP contribution in [-0.2, 0) is 18.3 Å². The lowest BCUT2D eigenvalue weighted by Crippen LogP contribution is -2.29. The van der Waals surface area contributed by atoms with E-state index in [0.717, 1.165) is 10.9 Å². The van der Waals surface area contributed by atoms with Crippen LogP contribution in [0, 0.1) is 0 Å². The van der Waals surface area contributed by atoms with Gasteiger partial charge in [0.15, 0.2) is 5.82 Å². The van der Waals surface area contributed by atoms with Crippen molar-refractivity contribution in [1.29, 1.82) is 0 Å². The summed E-state index contributed by atoms with van der Waals surface area (Å²) in [5, 5.41) is 12.0. The highest BCUT2D eigenvalue weighted by molar-refractivity contribution is 6.07. The zero-order valence-electron chi connectivity index (χ0n) is 14.1. The fraction of sp³-hybridized carbons (Fsp3) is 0.353.